The average Bonchev–Trinajstić information content (AvgIpc) is 2.61. The summed E-state index contributed by atoms with van der Waals surface area (Å²) < 4.78 is 5.41. The molecule has 2 atom stereocenters. The molecule has 2 aliphatic heterocycles. The molecular weight excluding hydrogens is 300 g/mol. The summed E-state index contributed by atoms with van der Waals surface area (Å²) in [7, 11) is 1.71. The van der Waals surface area contributed by atoms with Crippen LogP contribution < -0.4 is 4.74 Å². The van der Waals surface area contributed by atoms with Crippen molar-refractivity contribution in [2.45, 2.75) is 32.2 Å². The van der Waals surface area contributed by atoms with Crippen LogP contribution in [0, 0.1) is 5.92 Å². The molecule has 0 unspecified atom stereocenters. The highest BCUT2D eigenvalue weighted by Crippen LogP contribution is 2.30. The third kappa shape index (κ3) is 3.81. The zero-order chi connectivity index (χ0) is 16.9. The lowest BCUT2D eigenvalue weighted by Gasteiger charge is -2.47. The van der Waals surface area contributed by atoms with E-state index in [0.29, 0.717) is 12.0 Å². The van der Waals surface area contributed by atoms with E-state index in [1.165, 1.54) is 12.8 Å². The Labute approximate surface area is 145 Å². The van der Waals surface area contributed by atoms with Gasteiger partial charge in [-0.2, -0.15) is 0 Å². The van der Waals surface area contributed by atoms with Gasteiger partial charge in [-0.25, -0.2) is 0 Å². The molecule has 2 aliphatic rings. The van der Waals surface area contributed by atoms with Crippen LogP contribution >= 0.6 is 0 Å². The number of amides is 1. The van der Waals surface area contributed by atoms with Gasteiger partial charge in [0.15, 0.2) is 0 Å². The van der Waals surface area contributed by atoms with Gasteiger partial charge in [-0.05, 0) is 37.8 Å². The van der Waals surface area contributed by atoms with Crippen LogP contribution in [0.2, 0.25) is 0 Å². The zero-order valence-corrected chi connectivity index (χ0v) is 14.8. The van der Waals surface area contributed by atoms with E-state index in [-0.39, 0.29) is 5.91 Å². The Kier molecular flexibility index (Phi) is 5.56. The molecule has 2 saturated heterocycles. The number of likely N-dealkylation sites (tertiary alicyclic amines) is 2. The summed E-state index contributed by atoms with van der Waals surface area (Å²) >= 11 is 0. The van der Waals surface area contributed by atoms with E-state index < -0.39 is 0 Å². The lowest BCUT2D eigenvalue weighted by molar-refractivity contribution is -0.132. The molecule has 0 bridgehead atoms. The summed E-state index contributed by atoms with van der Waals surface area (Å²) in [6.07, 6.45) is 7.99. The molecule has 2 fully saturated rings. The van der Waals surface area contributed by atoms with Crippen LogP contribution in [-0.4, -0.2) is 55.0 Å². The average molecular weight is 328 g/mol. The van der Waals surface area contributed by atoms with Gasteiger partial charge >= 0.3 is 0 Å². The molecule has 0 saturated carbocycles. The molecular formula is C20H28N2O2. The van der Waals surface area contributed by atoms with Gasteiger partial charge in [0.25, 0.3) is 0 Å². The van der Waals surface area contributed by atoms with Crippen LogP contribution in [0.1, 0.15) is 31.7 Å². The van der Waals surface area contributed by atoms with E-state index in [4.69, 9.17) is 4.74 Å². The lowest BCUT2D eigenvalue weighted by Crippen LogP contribution is -2.54. The second-order valence-electron chi connectivity index (χ2n) is 6.86. The first kappa shape index (κ1) is 17.0. The molecule has 4 heteroatoms. The van der Waals surface area contributed by atoms with Gasteiger partial charge in [-0.1, -0.05) is 30.4 Å². The van der Waals surface area contributed by atoms with Crippen molar-refractivity contribution in [3.05, 3.63) is 35.9 Å². The maximum Gasteiger partial charge on any atom is 0.219 e. The van der Waals surface area contributed by atoms with Gasteiger partial charge in [-0.3, -0.25) is 9.69 Å². The fourth-order valence-electron chi connectivity index (χ4n) is 4.14. The molecule has 4 nitrogen and oxygen atoms in total. The Morgan fingerprint density at radius 1 is 1.29 bits per heavy atom. The molecule has 1 aromatic rings. The second-order valence-corrected chi connectivity index (χ2v) is 6.86. The van der Waals surface area contributed by atoms with E-state index in [9.17, 15) is 4.79 Å². The Balaban J connectivity index is 1.61. The number of ether oxygens (including phenoxy) is 1. The Morgan fingerprint density at radius 2 is 2.12 bits per heavy atom. The summed E-state index contributed by atoms with van der Waals surface area (Å²) in [4.78, 5) is 16.3. The molecule has 24 heavy (non-hydrogen) atoms. The number of rotatable bonds is 4. The molecule has 3 rings (SSSR count). The number of methoxy groups -OCH3 is 1. The number of fused-ring (bicyclic) bond motifs is 1. The molecule has 1 aromatic carbocycles. The zero-order valence-electron chi connectivity index (χ0n) is 14.8. The number of piperidine rings is 2. The van der Waals surface area contributed by atoms with Crippen molar-refractivity contribution in [2.75, 3.05) is 33.3 Å². The summed E-state index contributed by atoms with van der Waals surface area (Å²) in [5.74, 6) is 1.78. The standard InChI is InChI=1S/C20H28N2O2/c1-16(23)22-14-11-19-18(15-22)9-6-13-21(19)12-5-8-17-7-3-4-10-20(17)24-2/h3-5,7-8,10,18-19H,6,9,11-15H2,1-2H3/b8-5+/t18-,19+/m1/s1. The smallest absolute Gasteiger partial charge is 0.219 e. The van der Waals surface area contributed by atoms with Gasteiger partial charge in [0.2, 0.25) is 5.91 Å². The number of hydrogen-bond acceptors (Lipinski definition) is 3. The molecule has 0 radical (unpaired) electrons. The minimum Gasteiger partial charge on any atom is -0.496 e. The van der Waals surface area contributed by atoms with Crippen molar-refractivity contribution in [3.63, 3.8) is 0 Å². The van der Waals surface area contributed by atoms with Gasteiger partial charge in [0, 0.05) is 38.2 Å². The summed E-state index contributed by atoms with van der Waals surface area (Å²) in [6.45, 7) is 5.67. The van der Waals surface area contributed by atoms with E-state index in [1.54, 1.807) is 14.0 Å². The molecule has 0 aromatic heterocycles. The highest BCUT2D eigenvalue weighted by molar-refractivity contribution is 5.73. The predicted octanol–water partition coefficient (Wildman–Crippen LogP) is 3.04. The Hall–Kier alpha value is -1.81. The minimum absolute atomic E-state index is 0.224. The van der Waals surface area contributed by atoms with E-state index >= 15 is 0 Å². The molecule has 0 aliphatic carbocycles. The predicted molar refractivity (Wildman–Crippen MR) is 97.0 cm³/mol. The highest BCUT2D eigenvalue weighted by atomic mass is 16.5. The molecule has 1 amide bonds. The molecule has 2 heterocycles. The quantitative estimate of drug-likeness (QED) is 0.852. The Morgan fingerprint density at radius 3 is 2.92 bits per heavy atom. The maximum atomic E-state index is 11.6. The summed E-state index contributed by atoms with van der Waals surface area (Å²) in [5, 5.41) is 0. The van der Waals surface area contributed by atoms with Crippen LogP contribution in [0.25, 0.3) is 6.08 Å². The monoisotopic (exact) mass is 328 g/mol. The SMILES string of the molecule is COc1ccccc1/C=C/CN1CCC[C@@H]2CN(C(C)=O)CC[C@@H]21. The highest BCUT2D eigenvalue weighted by Gasteiger charge is 2.35. The summed E-state index contributed by atoms with van der Waals surface area (Å²) in [5.41, 5.74) is 1.12. The van der Waals surface area contributed by atoms with Crippen molar-refractivity contribution in [1.29, 1.82) is 0 Å². The molecule has 130 valence electrons. The van der Waals surface area contributed by atoms with Crippen molar-refractivity contribution in [1.82, 2.24) is 9.80 Å². The van der Waals surface area contributed by atoms with Gasteiger partial charge in [0.05, 0.1) is 7.11 Å². The number of carbonyl (C=O) groups excluding carboxylic acids is 1. The Bertz CT molecular complexity index is 599. The number of benzene rings is 1. The number of nitrogens with zero attached hydrogens (tertiary/aromatic N) is 2. The molecule has 0 spiro atoms. The normalized spacial score (nSPS) is 24.8. The maximum absolute atomic E-state index is 11.6. The number of carbonyl (C=O) groups is 1. The van der Waals surface area contributed by atoms with Crippen LogP contribution in [0.3, 0.4) is 0 Å². The largest absolute Gasteiger partial charge is 0.496 e. The van der Waals surface area contributed by atoms with Crippen LogP contribution in [-0.2, 0) is 4.79 Å². The van der Waals surface area contributed by atoms with Gasteiger partial charge in [0.1, 0.15) is 5.75 Å². The number of para-hydroxylation sites is 1. The van der Waals surface area contributed by atoms with Gasteiger partial charge in [-0.15, -0.1) is 0 Å². The van der Waals surface area contributed by atoms with Crippen molar-refractivity contribution >= 4 is 12.0 Å². The molecule has 0 N–H and O–H groups in total. The van der Waals surface area contributed by atoms with Gasteiger partial charge < -0.3 is 9.64 Å². The van der Waals surface area contributed by atoms with E-state index in [2.05, 4.69) is 23.1 Å². The first-order chi connectivity index (χ1) is 11.7. The van der Waals surface area contributed by atoms with Crippen molar-refractivity contribution in [3.8, 4) is 5.75 Å². The number of hydrogen-bond donors (Lipinski definition) is 0. The third-order valence-corrected chi connectivity index (χ3v) is 5.40. The topological polar surface area (TPSA) is 32.8 Å². The summed E-state index contributed by atoms with van der Waals surface area (Å²) in [6, 6.07) is 8.73. The third-order valence-electron chi connectivity index (χ3n) is 5.40. The van der Waals surface area contributed by atoms with Crippen molar-refractivity contribution in [2.24, 2.45) is 5.92 Å². The van der Waals surface area contributed by atoms with Crippen molar-refractivity contribution < 1.29 is 9.53 Å². The van der Waals surface area contributed by atoms with Crippen LogP contribution in [0.15, 0.2) is 30.3 Å². The van der Waals surface area contributed by atoms with Crippen LogP contribution in [0.4, 0.5) is 0 Å². The minimum atomic E-state index is 0.224. The fourth-order valence-corrected chi connectivity index (χ4v) is 4.14. The first-order valence-corrected chi connectivity index (χ1v) is 8.98. The van der Waals surface area contributed by atoms with E-state index in [0.717, 1.165) is 43.9 Å². The lowest BCUT2D eigenvalue weighted by atomic mass is 9.84. The second kappa shape index (κ2) is 7.84. The fraction of sp³-hybridized carbons (Fsp3) is 0.550. The van der Waals surface area contributed by atoms with Crippen LogP contribution in [0.5, 0.6) is 5.75 Å². The van der Waals surface area contributed by atoms with E-state index in [1.807, 2.05) is 23.1 Å². The first-order valence-electron chi connectivity index (χ1n) is 8.98.